The van der Waals surface area contributed by atoms with Crippen LogP contribution in [0, 0.1) is 0 Å². The predicted molar refractivity (Wildman–Crippen MR) is 67.6 cm³/mol. The Morgan fingerprint density at radius 1 is 1.35 bits per heavy atom. The molecule has 2 rings (SSSR count). The van der Waals surface area contributed by atoms with E-state index in [1.165, 1.54) is 11.3 Å². The van der Waals surface area contributed by atoms with Gasteiger partial charge in [-0.25, -0.2) is 0 Å². The van der Waals surface area contributed by atoms with Gasteiger partial charge >= 0.3 is 0 Å². The third-order valence-corrected chi connectivity index (χ3v) is 2.94. The summed E-state index contributed by atoms with van der Waals surface area (Å²) in [6, 6.07) is 6.44. The van der Waals surface area contributed by atoms with Gasteiger partial charge in [-0.05, 0) is 24.6 Å². The minimum Gasteiger partial charge on any atom is -0.310 e. The normalized spacial score (nSPS) is 12.6. The van der Waals surface area contributed by atoms with Crippen LogP contribution in [0.3, 0.4) is 0 Å². The van der Waals surface area contributed by atoms with Gasteiger partial charge in [-0.1, -0.05) is 6.07 Å². The van der Waals surface area contributed by atoms with Crippen molar-refractivity contribution in [2.45, 2.75) is 19.4 Å². The molecule has 0 spiro atoms. The van der Waals surface area contributed by atoms with Gasteiger partial charge in [0.15, 0.2) is 0 Å². The lowest BCUT2D eigenvalue weighted by molar-refractivity contribution is 0.562. The first-order valence-electron chi connectivity index (χ1n) is 5.87. The lowest BCUT2D eigenvalue weighted by Gasteiger charge is -2.13. The highest BCUT2D eigenvalue weighted by Crippen LogP contribution is 2.09. The molecule has 0 fully saturated rings. The van der Waals surface area contributed by atoms with Crippen LogP contribution < -0.4 is 5.32 Å². The predicted octanol–water partition coefficient (Wildman–Crippen LogP) is 1.71. The average molecular weight is 230 g/mol. The Hall–Kier alpha value is -1.68. The second-order valence-corrected chi connectivity index (χ2v) is 4.16. The highest BCUT2D eigenvalue weighted by Gasteiger charge is 2.04. The summed E-state index contributed by atoms with van der Waals surface area (Å²) in [5, 5.41) is 7.63. The summed E-state index contributed by atoms with van der Waals surface area (Å²) in [6.07, 6.45) is 6.52. The number of pyridine rings is 1. The summed E-state index contributed by atoms with van der Waals surface area (Å²) in [4.78, 5) is 4.12. The third kappa shape index (κ3) is 3.14. The number of rotatable bonds is 5. The summed E-state index contributed by atoms with van der Waals surface area (Å²) in [7, 11) is 1.97. The zero-order chi connectivity index (χ0) is 12.1. The molecule has 4 heteroatoms. The van der Waals surface area contributed by atoms with E-state index in [1.807, 2.05) is 30.2 Å². The van der Waals surface area contributed by atoms with E-state index in [0.717, 1.165) is 13.0 Å². The molecule has 0 bridgehead atoms. The summed E-state index contributed by atoms with van der Waals surface area (Å²) in [5.74, 6) is 0. The Morgan fingerprint density at radius 3 is 2.88 bits per heavy atom. The minimum absolute atomic E-state index is 0.330. The molecule has 0 aliphatic heterocycles. The Kier molecular flexibility index (Phi) is 3.88. The molecule has 0 radical (unpaired) electrons. The molecular formula is C13H18N4. The van der Waals surface area contributed by atoms with Gasteiger partial charge in [-0.3, -0.25) is 9.67 Å². The van der Waals surface area contributed by atoms with Gasteiger partial charge in [0, 0.05) is 50.3 Å². The van der Waals surface area contributed by atoms with Gasteiger partial charge in [0.2, 0.25) is 0 Å². The van der Waals surface area contributed by atoms with Crippen LogP contribution in [0.1, 0.15) is 24.2 Å². The summed E-state index contributed by atoms with van der Waals surface area (Å²) in [6.45, 7) is 3.09. The zero-order valence-electron chi connectivity index (χ0n) is 10.3. The van der Waals surface area contributed by atoms with Crippen molar-refractivity contribution in [1.82, 2.24) is 20.1 Å². The quantitative estimate of drug-likeness (QED) is 0.850. The molecule has 4 nitrogen and oxygen atoms in total. The molecule has 0 amide bonds. The van der Waals surface area contributed by atoms with Crippen LogP contribution in [0.4, 0.5) is 0 Å². The molecular weight excluding hydrogens is 212 g/mol. The summed E-state index contributed by atoms with van der Waals surface area (Å²) >= 11 is 0. The molecule has 0 saturated heterocycles. The van der Waals surface area contributed by atoms with Crippen molar-refractivity contribution in [2.24, 2.45) is 7.05 Å². The van der Waals surface area contributed by atoms with Crippen molar-refractivity contribution in [1.29, 1.82) is 0 Å². The van der Waals surface area contributed by atoms with E-state index < -0.39 is 0 Å². The number of hydrogen-bond donors (Lipinski definition) is 1. The SMILES string of the molecule is C[C@H](NCCc1ccnn1C)c1cccnc1. The van der Waals surface area contributed by atoms with E-state index in [2.05, 4.69) is 34.5 Å². The lowest BCUT2D eigenvalue weighted by atomic mass is 10.1. The molecule has 90 valence electrons. The molecule has 0 aromatic carbocycles. The zero-order valence-corrected chi connectivity index (χ0v) is 10.3. The van der Waals surface area contributed by atoms with Crippen LogP contribution in [0.5, 0.6) is 0 Å². The Morgan fingerprint density at radius 2 is 2.24 bits per heavy atom. The van der Waals surface area contributed by atoms with Gasteiger partial charge < -0.3 is 5.32 Å². The van der Waals surface area contributed by atoms with E-state index >= 15 is 0 Å². The first kappa shape index (κ1) is 11.8. The maximum atomic E-state index is 4.15. The van der Waals surface area contributed by atoms with Crippen molar-refractivity contribution in [3.05, 3.63) is 48.0 Å². The molecule has 1 N–H and O–H groups in total. The molecule has 2 aromatic heterocycles. The lowest BCUT2D eigenvalue weighted by Crippen LogP contribution is -2.22. The van der Waals surface area contributed by atoms with Gasteiger partial charge in [0.25, 0.3) is 0 Å². The van der Waals surface area contributed by atoms with Crippen molar-refractivity contribution >= 4 is 0 Å². The highest BCUT2D eigenvalue weighted by atomic mass is 15.3. The number of aromatic nitrogens is 3. The highest BCUT2D eigenvalue weighted by molar-refractivity contribution is 5.12. The molecule has 0 aliphatic carbocycles. The molecule has 0 aliphatic rings. The van der Waals surface area contributed by atoms with Gasteiger partial charge in [-0.15, -0.1) is 0 Å². The topological polar surface area (TPSA) is 42.7 Å². The van der Waals surface area contributed by atoms with Crippen LogP contribution in [-0.4, -0.2) is 21.3 Å². The molecule has 1 atom stereocenters. The van der Waals surface area contributed by atoms with Crippen LogP contribution in [0.2, 0.25) is 0 Å². The monoisotopic (exact) mass is 230 g/mol. The van der Waals surface area contributed by atoms with Crippen LogP contribution >= 0.6 is 0 Å². The van der Waals surface area contributed by atoms with Gasteiger partial charge in [0.05, 0.1) is 0 Å². The fraction of sp³-hybridized carbons (Fsp3) is 0.385. The van der Waals surface area contributed by atoms with E-state index in [1.54, 1.807) is 6.20 Å². The molecule has 2 aromatic rings. The van der Waals surface area contributed by atoms with Gasteiger partial charge in [0.1, 0.15) is 0 Å². The smallest absolute Gasteiger partial charge is 0.0492 e. The maximum absolute atomic E-state index is 4.15. The second-order valence-electron chi connectivity index (χ2n) is 4.16. The Labute approximate surface area is 102 Å². The number of nitrogens with one attached hydrogen (secondary N) is 1. The van der Waals surface area contributed by atoms with E-state index in [0.29, 0.717) is 6.04 Å². The molecule has 2 heterocycles. The van der Waals surface area contributed by atoms with Crippen molar-refractivity contribution in [3.63, 3.8) is 0 Å². The van der Waals surface area contributed by atoms with Crippen LogP contribution in [-0.2, 0) is 13.5 Å². The maximum Gasteiger partial charge on any atom is 0.0492 e. The Bertz CT molecular complexity index is 449. The molecule has 0 unspecified atom stereocenters. The largest absolute Gasteiger partial charge is 0.310 e. The number of aryl methyl sites for hydroxylation is 1. The number of nitrogens with zero attached hydrogens (tertiary/aromatic N) is 3. The van der Waals surface area contributed by atoms with Crippen molar-refractivity contribution in [2.75, 3.05) is 6.54 Å². The van der Waals surface area contributed by atoms with E-state index in [4.69, 9.17) is 0 Å². The minimum atomic E-state index is 0.330. The fourth-order valence-electron chi connectivity index (χ4n) is 1.81. The van der Waals surface area contributed by atoms with Crippen molar-refractivity contribution in [3.8, 4) is 0 Å². The molecule has 0 saturated carbocycles. The van der Waals surface area contributed by atoms with Crippen molar-refractivity contribution < 1.29 is 0 Å². The second kappa shape index (κ2) is 5.59. The summed E-state index contributed by atoms with van der Waals surface area (Å²) < 4.78 is 1.91. The molecule has 17 heavy (non-hydrogen) atoms. The van der Waals surface area contributed by atoms with E-state index in [-0.39, 0.29) is 0 Å². The van der Waals surface area contributed by atoms with Crippen LogP contribution in [0.15, 0.2) is 36.8 Å². The fourth-order valence-corrected chi connectivity index (χ4v) is 1.81. The number of hydrogen-bond acceptors (Lipinski definition) is 3. The Balaban J connectivity index is 1.81. The first-order chi connectivity index (χ1) is 8.27. The van der Waals surface area contributed by atoms with E-state index in [9.17, 15) is 0 Å². The summed E-state index contributed by atoms with van der Waals surface area (Å²) in [5.41, 5.74) is 2.47. The van der Waals surface area contributed by atoms with Crippen LogP contribution in [0.25, 0.3) is 0 Å². The first-order valence-corrected chi connectivity index (χ1v) is 5.87. The van der Waals surface area contributed by atoms with Gasteiger partial charge in [-0.2, -0.15) is 5.10 Å². The average Bonchev–Trinajstić information content (AvgIpc) is 2.76. The third-order valence-electron chi connectivity index (χ3n) is 2.94. The standard InChI is InChI=1S/C13H18N4/c1-11(12-4-3-7-14-10-12)15-8-5-13-6-9-16-17(13)2/h3-4,6-7,9-11,15H,5,8H2,1-2H3/t11-/m0/s1.